The quantitative estimate of drug-likeness (QED) is 0.729. The Hall–Kier alpha value is -0.670. The van der Waals surface area contributed by atoms with Gasteiger partial charge in [-0.05, 0) is 31.6 Å². The van der Waals surface area contributed by atoms with Gasteiger partial charge in [0.25, 0.3) is 0 Å². The van der Waals surface area contributed by atoms with Crippen molar-refractivity contribution in [3.8, 4) is 0 Å². The van der Waals surface area contributed by atoms with E-state index in [9.17, 15) is 4.21 Å². The fourth-order valence-electron chi connectivity index (χ4n) is 1.65. The van der Waals surface area contributed by atoms with E-state index in [2.05, 4.69) is 18.7 Å². The van der Waals surface area contributed by atoms with Gasteiger partial charge in [0.2, 0.25) is 0 Å². The monoisotopic (exact) mass is 239 g/mol. The first-order chi connectivity index (χ1) is 7.77. The Morgan fingerprint density at radius 2 is 1.81 bits per heavy atom. The number of nitrogens with zero attached hydrogens (tertiary/aromatic N) is 1. The number of benzene rings is 1. The van der Waals surface area contributed by atoms with E-state index in [4.69, 9.17) is 0 Å². The molecule has 0 saturated carbocycles. The summed E-state index contributed by atoms with van der Waals surface area (Å²) in [6.07, 6.45) is 1.16. The molecule has 3 heteroatoms. The summed E-state index contributed by atoms with van der Waals surface area (Å²) in [6, 6.07) is 9.71. The average molecular weight is 239 g/mol. The molecule has 1 rings (SSSR count). The summed E-state index contributed by atoms with van der Waals surface area (Å²) in [6.45, 7) is 7.39. The molecule has 0 radical (unpaired) electrons. The largest absolute Gasteiger partial charge is 0.303 e. The Balaban J connectivity index is 2.40. The van der Waals surface area contributed by atoms with Crippen LogP contribution >= 0.6 is 0 Å². The predicted molar refractivity (Wildman–Crippen MR) is 70.1 cm³/mol. The predicted octanol–water partition coefficient (Wildman–Crippen LogP) is 2.53. The topological polar surface area (TPSA) is 20.3 Å². The molecule has 2 nitrogen and oxygen atoms in total. The summed E-state index contributed by atoms with van der Waals surface area (Å²) in [5.74, 6) is 0.734. The van der Waals surface area contributed by atoms with Gasteiger partial charge in [0.1, 0.15) is 0 Å². The Bertz CT molecular complexity index is 313. The molecule has 0 heterocycles. The van der Waals surface area contributed by atoms with Gasteiger partial charge in [0.15, 0.2) is 0 Å². The minimum atomic E-state index is -0.851. The maximum atomic E-state index is 12.0. The number of hydrogen-bond acceptors (Lipinski definition) is 2. The van der Waals surface area contributed by atoms with Crippen molar-refractivity contribution in [2.45, 2.75) is 25.2 Å². The minimum absolute atomic E-state index is 0.734. The lowest BCUT2D eigenvalue weighted by molar-refractivity contribution is 0.306. The van der Waals surface area contributed by atoms with E-state index >= 15 is 0 Å². The van der Waals surface area contributed by atoms with Crippen molar-refractivity contribution in [3.63, 3.8) is 0 Å². The summed E-state index contributed by atoms with van der Waals surface area (Å²) < 4.78 is 12.0. The SMILES string of the molecule is CCCN(CC)CCS(=O)c1ccccc1. The van der Waals surface area contributed by atoms with Crippen LogP contribution in [0.15, 0.2) is 35.2 Å². The maximum absolute atomic E-state index is 12.0. The van der Waals surface area contributed by atoms with Crippen molar-refractivity contribution in [2.75, 3.05) is 25.4 Å². The third-order valence-corrected chi connectivity index (χ3v) is 3.94. The number of hydrogen-bond donors (Lipinski definition) is 0. The van der Waals surface area contributed by atoms with Gasteiger partial charge in [-0.25, -0.2) is 0 Å². The van der Waals surface area contributed by atoms with Crippen LogP contribution in [0.4, 0.5) is 0 Å². The molecular weight excluding hydrogens is 218 g/mol. The molecule has 0 fully saturated rings. The Morgan fingerprint density at radius 3 is 2.38 bits per heavy atom. The fraction of sp³-hybridized carbons (Fsp3) is 0.538. The molecule has 0 amide bonds. The second kappa shape index (κ2) is 7.58. The van der Waals surface area contributed by atoms with Gasteiger partial charge >= 0.3 is 0 Å². The molecule has 0 aliphatic rings. The molecule has 0 spiro atoms. The lowest BCUT2D eigenvalue weighted by Crippen LogP contribution is -2.28. The van der Waals surface area contributed by atoms with Crippen LogP contribution in [0.5, 0.6) is 0 Å². The normalized spacial score (nSPS) is 12.9. The van der Waals surface area contributed by atoms with Gasteiger partial charge in [-0.15, -0.1) is 0 Å². The lowest BCUT2D eigenvalue weighted by Gasteiger charge is -2.18. The highest BCUT2D eigenvalue weighted by Gasteiger charge is 2.06. The van der Waals surface area contributed by atoms with Gasteiger partial charge in [-0.2, -0.15) is 0 Å². The summed E-state index contributed by atoms with van der Waals surface area (Å²) >= 11 is 0. The highest BCUT2D eigenvalue weighted by atomic mass is 32.2. The van der Waals surface area contributed by atoms with Crippen molar-refractivity contribution in [1.29, 1.82) is 0 Å². The molecule has 1 aromatic rings. The standard InChI is InChI=1S/C13H21NOS/c1-3-10-14(4-2)11-12-16(15)13-8-6-5-7-9-13/h5-9H,3-4,10-12H2,1-2H3. The second-order valence-electron chi connectivity index (χ2n) is 3.80. The third kappa shape index (κ3) is 4.45. The minimum Gasteiger partial charge on any atom is -0.303 e. The van der Waals surface area contributed by atoms with Crippen LogP contribution in [-0.2, 0) is 10.8 Å². The Labute approximate surface area is 101 Å². The van der Waals surface area contributed by atoms with Gasteiger partial charge in [-0.3, -0.25) is 4.21 Å². The molecule has 0 aliphatic heterocycles. The Morgan fingerprint density at radius 1 is 1.12 bits per heavy atom. The highest BCUT2D eigenvalue weighted by molar-refractivity contribution is 7.85. The fourth-order valence-corrected chi connectivity index (χ4v) is 2.77. The van der Waals surface area contributed by atoms with E-state index in [1.54, 1.807) is 0 Å². The van der Waals surface area contributed by atoms with Gasteiger partial charge < -0.3 is 4.90 Å². The molecule has 16 heavy (non-hydrogen) atoms. The molecule has 0 N–H and O–H groups in total. The van der Waals surface area contributed by atoms with Gasteiger partial charge in [0, 0.05) is 17.2 Å². The zero-order valence-electron chi connectivity index (χ0n) is 10.2. The zero-order chi connectivity index (χ0) is 11.8. The number of rotatable bonds is 7. The van der Waals surface area contributed by atoms with Crippen molar-refractivity contribution < 1.29 is 4.21 Å². The highest BCUT2D eigenvalue weighted by Crippen LogP contribution is 2.05. The molecule has 90 valence electrons. The van der Waals surface area contributed by atoms with E-state index in [0.717, 1.165) is 36.7 Å². The smallest absolute Gasteiger partial charge is 0.0542 e. The van der Waals surface area contributed by atoms with E-state index in [0.29, 0.717) is 0 Å². The van der Waals surface area contributed by atoms with E-state index in [1.165, 1.54) is 0 Å². The molecule has 0 aromatic heterocycles. The zero-order valence-corrected chi connectivity index (χ0v) is 11.0. The van der Waals surface area contributed by atoms with Gasteiger partial charge in [0.05, 0.1) is 10.8 Å². The summed E-state index contributed by atoms with van der Waals surface area (Å²) in [5.41, 5.74) is 0. The van der Waals surface area contributed by atoms with Crippen LogP contribution < -0.4 is 0 Å². The third-order valence-electron chi connectivity index (χ3n) is 2.59. The van der Waals surface area contributed by atoms with Crippen molar-refractivity contribution in [2.24, 2.45) is 0 Å². The first-order valence-electron chi connectivity index (χ1n) is 5.93. The molecular formula is C13H21NOS. The van der Waals surface area contributed by atoms with Crippen LogP contribution in [0.1, 0.15) is 20.3 Å². The molecule has 0 saturated heterocycles. The van der Waals surface area contributed by atoms with Crippen LogP contribution in [0.3, 0.4) is 0 Å². The molecule has 0 bridgehead atoms. The summed E-state index contributed by atoms with van der Waals surface area (Å²) in [7, 11) is -0.851. The molecule has 1 unspecified atom stereocenters. The van der Waals surface area contributed by atoms with E-state index in [-0.39, 0.29) is 0 Å². The van der Waals surface area contributed by atoms with Crippen LogP contribution in [0, 0.1) is 0 Å². The van der Waals surface area contributed by atoms with Crippen molar-refractivity contribution in [1.82, 2.24) is 4.90 Å². The van der Waals surface area contributed by atoms with E-state index in [1.807, 2.05) is 30.3 Å². The van der Waals surface area contributed by atoms with Crippen LogP contribution in [0.25, 0.3) is 0 Å². The first kappa shape index (κ1) is 13.4. The van der Waals surface area contributed by atoms with E-state index < -0.39 is 10.8 Å². The Kier molecular flexibility index (Phi) is 6.34. The van der Waals surface area contributed by atoms with Crippen LogP contribution in [0.2, 0.25) is 0 Å². The molecule has 0 aliphatic carbocycles. The summed E-state index contributed by atoms with van der Waals surface area (Å²) in [4.78, 5) is 3.29. The maximum Gasteiger partial charge on any atom is 0.0542 e. The lowest BCUT2D eigenvalue weighted by atomic mass is 10.4. The van der Waals surface area contributed by atoms with Crippen LogP contribution in [-0.4, -0.2) is 34.5 Å². The van der Waals surface area contributed by atoms with Crippen molar-refractivity contribution in [3.05, 3.63) is 30.3 Å². The second-order valence-corrected chi connectivity index (χ2v) is 5.37. The first-order valence-corrected chi connectivity index (χ1v) is 7.25. The summed E-state index contributed by atoms with van der Waals surface area (Å²) in [5, 5.41) is 0. The van der Waals surface area contributed by atoms with Crippen molar-refractivity contribution >= 4 is 10.8 Å². The van der Waals surface area contributed by atoms with Gasteiger partial charge in [-0.1, -0.05) is 32.0 Å². The molecule has 1 atom stereocenters. The average Bonchev–Trinajstić information content (AvgIpc) is 2.35. The molecule has 1 aromatic carbocycles.